The summed E-state index contributed by atoms with van der Waals surface area (Å²) >= 11 is 0. The van der Waals surface area contributed by atoms with Crippen LogP contribution in [0, 0.1) is 0 Å². The lowest BCUT2D eigenvalue weighted by atomic mass is 10.3. The molecule has 4 nitrogen and oxygen atoms in total. The molecule has 0 fully saturated rings. The standard InChI is InChI=1S/C12H12N2O2/c15-11(13-7-1-2-8-13)5-6-12(16)14-9-3-4-10-14/h1-4,7-10H,5-6H2. The van der Waals surface area contributed by atoms with Crippen LogP contribution in [0.5, 0.6) is 0 Å². The SMILES string of the molecule is O=C(CCC(=O)n1cccc1)n1cccc1. The van der Waals surface area contributed by atoms with Gasteiger partial charge in [0.25, 0.3) is 0 Å². The lowest BCUT2D eigenvalue weighted by Gasteiger charge is -2.02. The van der Waals surface area contributed by atoms with E-state index in [2.05, 4.69) is 0 Å². The zero-order valence-corrected chi connectivity index (χ0v) is 8.74. The van der Waals surface area contributed by atoms with Gasteiger partial charge in [0.2, 0.25) is 11.8 Å². The van der Waals surface area contributed by atoms with Gasteiger partial charge in [-0.15, -0.1) is 0 Å². The molecule has 0 saturated carbocycles. The smallest absolute Gasteiger partial charge is 0.231 e. The molecule has 0 atom stereocenters. The van der Waals surface area contributed by atoms with Crippen molar-refractivity contribution in [2.45, 2.75) is 12.8 Å². The van der Waals surface area contributed by atoms with E-state index < -0.39 is 0 Å². The van der Waals surface area contributed by atoms with Crippen molar-refractivity contribution in [3.63, 3.8) is 0 Å². The zero-order valence-electron chi connectivity index (χ0n) is 8.74. The van der Waals surface area contributed by atoms with Crippen LogP contribution in [0.25, 0.3) is 0 Å². The first-order chi connectivity index (χ1) is 7.77. The van der Waals surface area contributed by atoms with Crippen LogP contribution in [-0.2, 0) is 0 Å². The Bertz CT molecular complexity index is 423. The van der Waals surface area contributed by atoms with E-state index in [1.54, 1.807) is 49.1 Å². The molecule has 0 aromatic carbocycles. The summed E-state index contributed by atoms with van der Waals surface area (Å²) in [5.74, 6) is -0.129. The third-order valence-electron chi connectivity index (χ3n) is 2.34. The number of carbonyl (C=O) groups excluding carboxylic acids is 2. The highest BCUT2D eigenvalue weighted by atomic mass is 16.2. The number of rotatable bonds is 3. The van der Waals surface area contributed by atoms with Crippen LogP contribution in [0.2, 0.25) is 0 Å². The molecular formula is C12H12N2O2. The van der Waals surface area contributed by atoms with Gasteiger partial charge in [0.1, 0.15) is 0 Å². The van der Waals surface area contributed by atoms with Crippen LogP contribution in [0.1, 0.15) is 22.4 Å². The molecular weight excluding hydrogens is 204 g/mol. The maximum absolute atomic E-state index is 11.6. The van der Waals surface area contributed by atoms with Crippen LogP contribution in [0.15, 0.2) is 49.1 Å². The van der Waals surface area contributed by atoms with E-state index in [4.69, 9.17) is 0 Å². The fraction of sp³-hybridized carbons (Fsp3) is 0.167. The van der Waals surface area contributed by atoms with Gasteiger partial charge in [0.15, 0.2) is 0 Å². The van der Waals surface area contributed by atoms with E-state index in [0.29, 0.717) is 0 Å². The van der Waals surface area contributed by atoms with Crippen LogP contribution in [-0.4, -0.2) is 20.9 Å². The van der Waals surface area contributed by atoms with Crippen molar-refractivity contribution in [2.75, 3.05) is 0 Å². The molecule has 0 radical (unpaired) electrons. The van der Waals surface area contributed by atoms with Gasteiger partial charge in [0, 0.05) is 37.6 Å². The Morgan fingerprint density at radius 3 is 1.31 bits per heavy atom. The summed E-state index contributed by atoms with van der Waals surface area (Å²) < 4.78 is 2.98. The minimum Gasteiger partial charge on any atom is -0.295 e. The Kier molecular flexibility index (Phi) is 3.00. The molecule has 0 spiro atoms. The Morgan fingerprint density at radius 2 is 1.00 bits per heavy atom. The van der Waals surface area contributed by atoms with E-state index in [1.165, 1.54) is 9.13 Å². The first-order valence-corrected chi connectivity index (χ1v) is 5.10. The molecule has 82 valence electrons. The molecule has 0 aliphatic carbocycles. The molecule has 4 heteroatoms. The quantitative estimate of drug-likeness (QED) is 0.788. The molecule has 2 aromatic heterocycles. The van der Waals surface area contributed by atoms with E-state index in [-0.39, 0.29) is 24.7 Å². The number of aromatic nitrogens is 2. The third kappa shape index (κ3) is 2.28. The predicted molar refractivity (Wildman–Crippen MR) is 59.4 cm³/mol. The van der Waals surface area contributed by atoms with E-state index in [9.17, 15) is 9.59 Å². The molecule has 16 heavy (non-hydrogen) atoms. The first kappa shape index (κ1) is 10.4. The third-order valence-corrected chi connectivity index (χ3v) is 2.34. The van der Waals surface area contributed by atoms with Gasteiger partial charge in [-0.05, 0) is 24.3 Å². The lowest BCUT2D eigenvalue weighted by molar-refractivity contribution is 0.0831. The van der Waals surface area contributed by atoms with Crippen molar-refractivity contribution in [3.05, 3.63) is 49.1 Å². The number of nitrogens with zero attached hydrogens (tertiary/aromatic N) is 2. The molecule has 2 aromatic rings. The zero-order chi connectivity index (χ0) is 11.4. The fourth-order valence-electron chi connectivity index (χ4n) is 1.47. The normalized spacial score (nSPS) is 10.2. The number of carbonyl (C=O) groups is 2. The van der Waals surface area contributed by atoms with Crippen molar-refractivity contribution >= 4 is 11.8 Å². The molecule has 0 aliphatic rings. The van der Waals surface area contributed by atoms with Crippen molar-refractivity contribution < 1.29 is 9.59 Å². The molecule has 0 aliphatic heterocycles. The predicted octanol–water partition coefficient (Wildman–Crippen LogP) is 2.05. The van der Waals surface area contributed by atoms with Crippen LogP contribution < -0.4 is 0 Å². The number of hydrogen-bond acceptors (Lipinski definition) is 2. The maximum Gasteiger partial charge on any atom is 0.231 e. The van der Waals surface area contributed by atoms with Gasteiger partial charge < -0.3 is 0 Å². The van der Waals surface area contributed by atoms with Crippen LogP contribution in [0.3, 0.4) is 0 Å². The van der Waals surface area contributed by atoms with Crippen molar-refractivity contribution in [2.24, 2.45) is 0 Å². The molecule has 2 heterocycles. The van der Waals surface area contributed by atoms with Gasteiger partial charge in [-0.25, -0.2) is 0 Å². The highest BCUT2D eigenvalue weighted by Gasteiger charge is 2.08. The second-order valence-electron chi connectivity index (χ2n) is 3.47. The Morgan fingerprint density at radius 1 is 0.688 bits per heavy atom. The number of hydrogen-bond donors (Lipinski definition) is 0. The Hall–Kier alpha value is -2.10. The topological polar surface area (TPSA) is 44.0 Å². The summed E-state index contributed by atoms with van der Waals surface area (Å²) in [4.78, 5) is 23.2. The van der Waals surface area contributed by atoms with Gasteiger partial charge in [-0.2, -0.15) is 0 Å². The van der Waals surface area contributed by atoms with Gasteiger partial charge >= 0.3 is 0 Å². The molecule has 0 saturated heterocycles. The van der Waals surface area contributed by atoms with Crippen molar-refractivity contribution in [1.29, 1.82) is 0 Å². The monoisotopic (exact) mass is 216 g/mol. The van der Waals surface area contributed by atoms with E-state index in [0.717, 1.165) is 0 Å². The Balaban J connectivity index is 1.89. The summed E-state index contributed by atoms with van der Waals surface area (Å²) in [6.45, 7) is 0. The van der Waals surface area contributed by atoms with Crippen molar-refractivity contribution in [3.8, 4) is 0 Å². The molecule has 0 N–H and O–H groups in total. The molecule has 2 rings (SSSR count). The fourth-order valence-corrected chi connectivity index (χ4v) is 1.47. The lowest BCUT2D eigenvalue weighted by Crippen LogP contribution is -2.13. The average molecular weight is 216 g/mol. The summed E-state index contributed by atoms with van der Waals surface area (Å²) in [5.41, 5.74) is 0. The first-order valence-electron chi connectivity index (χ1n) is 5.10. The average Bonchev–Trinajstić information content (AvgIpc) is 2.95. The second kappa shape index (κ2) is 4.61. The summed E-state index contributed by atoms with van der Waals surface area (Å²) in [7, 11) is 0. The van der Waals surface area contributed by atoms with Gasteiger partial charge in [0.05, 0.1) is 0 Å². The maximum atomic E-state index is 11.6. The molecule has 0 unspecified atom stereocenters. The van der Waals surface area contributed by atoms with Crippen LogP contribution >= 0.6 is 0 Å². The highest BCUT2D eigenvalue weighted by Crippen LogP contribution is 2.01. The van der Waals surface area contributed by atoms with Gasteiger partial charge in [-0.3, -0.25) is 18.7 Å². The summed E-state index contributed by atoms with van der Waals surface area (Å²) in [5, 5.41) is 0. The van der Waals surface area contributed by atoms with Crippen molar-refractivity contribution in [1.82, 2.24) is 9.13 Å². The molecule has 0 bridgehead atoms. The second-order valence-corrected chi connectivity index (χ2v) is 3.47. The minimum absolute atomic E-state index is 0.0643. The minimum atomic E-state index is -0.0643. The largest absolute Gasteiger partial charge is 0.295 e. The van der Waals surface area contributed by atoms with Crippen LogP contribution in [0.4, 0.5) is 0 Å². The Labute approximate surface area is 93.1 Å². The highest BCUT2D eigenvalue weighted by molar-refractivity contribution is 5.86. The van der Waals surface area contributed by atoms with Gasteiger partial charge in [-0.1, -0.05) is 0 Å². The van der Waals surface area contributed by atoms with E-state index in [1.807, 2.05) is 0 Å². The summed E-state index contributed by atoms with van der Waals surface area (Å²) in [6.07, 6.45) is 7.19. The molecule has 0 amide bonds. The summed E-state index contributed by atoms with van der Waals surface area (Å²) in [6, 6.07) is 7.13. The van der Waals surface area contributed by atoms with E-state index >= 15 is 0 Å².